The van der Waals surface area contributed by atoms with Crippen LogP contribution in [0.3, 0.4) is 0 Å². The van der Waals surface area contributed by atoms with Crippen LogP contribution in [0.4, 0.5) is 17.6 Å². The standard InChI is InChI=1S/C15H17F4NO2/c16-12-5-3-11(4-6-12)8-14(21)20(10-15(17,18)19)13-2-1-7-22-9-13/h3-6,13H,1-2,7-10H2/t13-/m0/s1. The third-order valence-electron chi connectivity index (χ3n) is 3.52. The van der Waals surface area contributed by atoms with Gasteiger partial charge in [0.15, 0.2) is 0 Å². The van der Waals surface area contributed by atoms with Gasteiger partial charge in [-0.2, -0.15) is 13.2 Å². The van der Waals surface area contributed by atoms with Gasteiger partial charge < -0.3 is 9.64 Å². The average Bonchev–Trinajstić information content (AvgIpc) is 2.47. The zero-order valence-electron chi connectivity index (χ0n) is 11.9. The maximum Gasteiger partial charge on any atom is 0.406 e. The van der Waals surface area contributed by atoms with Crippen LogP contribution < -0.4 is 0 Å². The summed E-state index contributed by atoms with van der Waals surface area (Å²) in [6.45, 7) is -0.672. The van der Waals surface area contributed by atoms with E-state index in [1.165, 1.54) is 24.3 Å². The Bertz CT molecular complexity index is 495. The third-order valence-corrected chi connectivity index (χ3v) is 3.52. The number of alkyl halides is 3. The van der Waals surface area contributed by atoms with Crippen molar-refractivity contribution in [3.05, 3.63) is 35.6 Å². The van der Waals surface area contributed by atoms with Crippen LogP contribution in [0.1, 0.15) is 18.4 Å². The topological polar surface area (TPSA) is 29.5 Å². The summed E-state index contributed by atoms with van der Waals surface area (Å²) in [6.07, 6.45) is -3.53. The van der Waals surface area contributed by atoms with Gasteiger partial charge in [-0.1, -0.05) is 12.1 Å². The zero-order chi connectivity index (χ0) is 16.2. The molecule has 0 bridgehead atoms. The lowest BCUT2D eigenvalue weighted by Crippen LogP contribution is -2.49. The van der Waals surface area contributed by atoms with E-state index in [0.29, 0.717) is 25.0 Å². The molecule has 1 aliphatic rings. The van der Waals surface area contributed by atoms with E-state index in [1.54, 1.807) is 0 Å². The van der Waals surface area contributed by atoms with Crippen molar-refractivity contribution in [1.29, 1.82) is 0 Å². The lowest BCUT2D eigenvalue weighted by atomic mass is 10.1. The van der Waals surface area contributed by atoms with Gasteiger partial charge in [-0.25, -0.2) is 4.39 Å². The highest BCUT2D eigenvalue weighted by atomic mass is 19.4. The number of carbonyl (C=O) groups is 1. The van der Waals surface area contributed by atoms with Crippen molar-refractivity contribution in [2.45, 2.75) is 31.5 Å². The van der Waals surface area contributed by atoms with Gasteiger partial charge in [0.05, 0.1) is 19.1 Å². The SMILES string of the molecule is O=C(Cc1ccc(F)cc1)N(CC(F)(F)F)[C@H]1CCCOC1. The number of halogens is 4. The van der Waals surface area contributed by atoms with Crippen molar-refractivity contribution >= 4 is 5.91 Å². The molecule has 0 N–H and O–H groups in total. The molecule has 2 rings (SSSR count). The Balaban J connectivity index is 2.08. The number of hydrogen-bond donors (Lipinski definition) is 0. The molecule has 0 aromatic heterocycles. The molecule has 1 heterocycles. The molecule has 0 aliphatic carbocycles. The molecule has 0 spiro atoms. The fourth-order valence-electron chi connectivity index (χ4n) is 2.46. The van der Waals surface area contributed by atoms with Crippen molar-refractivity contribution in [2.75, 3.05) is 19.8 Å². The van der Waals surface area contributed by atoms with Crippen LogP contribution in [-0.4, -0.2) is 42.8 Å². The molecule has 1 aromatic carbocycles. The molecule has 7 heteroatoms. The van der Waals surface area contributed by atoms with Crippen LogP contribution in [-0.2, 0) is 16.0 Å². The highest BCUT2D eigenvalue weighted by molar-refractivity contribution is 5.79. The summed E-state index contributed by atoms with van der Waals surface area (Å²) in [4.78, 5) is 13.1. The minimum Gasteiger partial charge on any atom is -0.379 e. The Morgan fingerprint density at radius 3 is 2.50 bits per heavy atom. The quantitative estimate of drug-likeness (QED) is 0.799. The van der Waals surface area contributed by atoms with Crippen LogP contribution in [0, 0.1) is 5.82 Å². The third kappa shape index (κ3) is 4.98. The molecular weight excluding hydrogens is 302 g/mol. The number of amides is 1. The molecule has 22 heavy (non-hydrogen) atoms. The molecule has 122 valence electrons. The zero-order valence-corrected chi connectivity index (χ0v) is 11.9. The van der Waals surface area contributed by atoms with E-state index < -0.39 is 30.5 Å². The largest absolute Gasteiger partial charge is 0.406 e. The first-order valence-electron chi connectivity index (χ1n) is 7.03. The first-order valence-corrected chi connectivity index (χ1v) is 7.03. The summed E-state index contributed by atoms with van der Waals surface area (Å²) >= 11 is 0. The van der Waals surface area contributed by atoms with Crippen LogP contribution in [0.2, 0.25) is 0 Å². The minimum atomic E-state index is -4.46. The number of carbonyl (C=O) groups excluding carboxylic acids is 1. The molecule has 1 aromatic rings. The van der Waals surface area contributed by atoms with Crippen molar-refractivity contribution in [2.24, 2.45) is 0 Å². The summed E-state index contributed by atoms with van der Waals surface area (Å²) in [6, 6.07) is 4.59. The Labute approximate surface area is 125 Å². The summed E-state index contributed by atoms with van der Waals surface area (Å²) in [5, 5.41) is 0. The molecule has 1 amide bonds. The summed E-state index contributed by atoms with van der Waals surface area (Å²) in [5.41, 5.74) is 0.482. The predicted octanol–water partition coefficient (Wildman–Crippen LogP) is 2.94. The smallest absolute Gasteiger partial charge is 0.379 e. The molecule has 1 saturated heterocycles. The van der Waals surface area contributed by atoms with Crippen molar-refractivity contribution < 1.29 is 27.1 Å². The lowest BCUT2D eigenvalue weighted by Gasteiger charge is -2.34. The molecule has 1 aliphatic heterocycles. The number of nitrogens with zero attached hydrogens (tertiary/aromatic N) is 1. The highest BCUT2D eigenvalue weighted by Gasteiger charge is 2.37. The van der Waals surface area contributed by atoms with Crippen molar-refractivity contribution in [1.82, 2.24) is 4.90 Å². The molecular formula is C15H17F4NO2. The van der Waals surface area contributed by atoms with Crippen LogP contribution in [0.25, 0.3) is 0 Å². The second-order valence-electron chi connectivity index (χ2n) is 5.31. The number of hydrogen-bond acceptors (Lipinski definition) is 2. The summed E-state index contributed by atoms with van der Waals surface area (Å²) < 4.78 is 56.2. The van der Waals surface area contributed by atoms with Crippen molar-refractivity contribution in [3.8, 4) is 0 Å². The van der Waals surface area contributed by atoms with Gasteiger partial charge in [-0.05, 0) is 30.5 Å². The molecule has 3 nitrogen and oxygen atoms in total. The maximum atomic E-state index is 12.8. The Morgan fingerprint density at radius 1 is 1.27 bits per heavy atom. The molecule has 0 saturated carbocycles. The van der Waals surface area contributed by atoms with Crippen molar-refractivity contribution in [3.63, 3.8) is 0 Å². The minimum absolute atomic E-state index is 0.116. The first kappa shape index (κ1) is 16.7. The van der Waals surface area contributed by atoms with E-state index in [1.807, 2.05) is 0 Å². The molecule has 1 fully saturated rings. The maximum absolute atomic E-state index is 12.8. The average molecular weight is 319 g/mol. The van der Waals surface area contributed by atoms with Gasteiger partial charge in [0.2, 0.25) is 5.91 Å². The van der Waals surface area contributed by atoms with Gasteiger partial charge in [-0.3, -0.25) is 4.79 Å². The van der Waals surface area contributed by atoms with Crippen LogP contribution in [0.15, 0.2) is 24.3 Å². The molecule has 0 unspecified atom stereocenters. The van der Waals surface area contributed by atoms with Crippen LogP contribution >= 0.6 is 0 Å². The summed E-state index contributed by atoms with van der Waals surface area (Å²) in [7, 11) is 0. The van der Waals surface area contributed by atoms with E-state index in [0.717, 1.165) is 4.90 Å². The molecule has 1 atom stereocenters. The van der Waals surface area contributed by atoms with E-state index in [4.69, 9.17) is 4.74 Å². The van der Waals surface area contributed by atoms with Gasteiger partial charge >= 0.3 is 6.18 Å². The second-order valence-corrected chi connectivity index (χ2v) is 5.31. The van der Waals surface area contributed by atoms with Gasteiger partial charge in [0, 0.05) is 6.61 Å². The van der Waals surface area contributed by atoms with Gasteiger partial charge in [-0.15, -0.1) is 0 Å². The van der Waals surface area contributed by atoms with E-state index >= 15 is 0 Å². The van der Waals surface area contributed by atoms with E-state index in [2.05, 4.69) is 0 Å². The monoisotopic (exact) mass is 319 g/mol. The van der Waals surface area contributed by atoms with E-state index in [-0.39, 0.29) is 13.0 Å². The lowest BCUT2D eigenvalue weighted by molar-refractivity contribution is -0.169. The Hall–Kier alpha value is -1.63. The number of rotatable bonds is 4. The van der Waals surface area contributed by atoms with E-state index in [9.17, 15) is 22.4 Å². The Morgan fingerprint density at radius 2 is 1.95 bits per heavy atom. The van der Waals surface area contributed by atoms with Crippen LogP contribution in [0.5, 0.6) is 0 Å². The first-order chi connectivity index (χ1) is 10.3. The summed E-state index contributed by atoms with van der Waals surface area (Å²) in [5.74, 6) is -1.08. The second kappa shape index (κ2) is 7.09. The molecule has 0 radical (unpaired) electrons. The van der Waals surface area contributed by atoms with Gasteiger partial charge in [0.1, 0.15) is 12.4 Å². The fraction of sp³-hybridized carbons (Fsp3) is 0.533. The fourth-order valence-corrected chi connectivity index (χ4v) is 2.46. The van der Waals surface area contributed by atoms with Gasteiger partial charge in [0.25, 0.3) is 0 Å². The predicted molar refractivity (Wildman–Crippen MR) is 71.7 cm³/mol. The number of benzene rings is 1. The normalized spacial score (nSPS) is 19.0. The Kier molecular flexibility index (Phi) is 5.39. The number of ether oxygens (including phenoxy) is 1. The highest BCUT2D eigenvalue weighted by Crippen LogP contribution is 2.22.